The Hall–Kier alpha value is -1.59. The number of aliphatic hydroxyl groups is 1. The highest BCUT2D eigenvalue weighted by Gasteiger charge is 2.26. The Bertz CT molecular complexity index is 473. The lowest BCUT2D eigenvalue weighted by Crippen LogP contribution is -2.53. The first-order valence-corrected chi connectivity index (χ1v) is 7.99. The third kappa shape index (κ3) is 5.00. The monoisotopic (exact) mass is 306 g/mol. The smallest absolute Gasteiger partial charge is 0.424 e. The molecule has 0 radical (unpaired) electrons. The van der Waals surface area contributed by atoms with Gasteiger partial charge in [0.05, 0.1) is 12.6 Å². The summed E-state index contributed by atoms with van der Waals surface area (Å²) in [6, 6.07) is 8.49. The van der Waals surface area contributed by atoms with Crippen LogP contribution in [0.15, 0.2) is 24.3 Å². The lowest BCUT2D eigenvalue weighted by molar-refractivity contribution is -0.0727. The van der Waals surface area contributed by atoms with E-state index in [2.05, 4.69) is 31.2 Å². The molecule has 1 fully saturated rings. The van der Waals surface area contributed by atoms with E-state index in [-0.39, 0.29) is 12.2 Å². The molecule has 1 heterocycles. The molecule has 0 bridgehead atoms. The summed E-state index contributed by atoms with van der Waals surface area (Å²) >= 11 is 0. The number of aryl methyl sites for hydroxylation is 2. The fraction of sp³-hybridized carbons (Fsp3) is 0.588. The number of rotatable bonds is 7. The second-order valence-corrected chi connectivity index (χ2v) is 5.92. The Balaban J connectivity index is 1.84. The van der Waals surface area contributed by atoms with Crippen molar-refractivity contribution in [3.8, 4) is 0 Å². The van der Waals surface area contributed by atoms with Gasteiger partial charge in [-0.3, -0.25) is 0 Å². The van der Waals surface area contributed by atoms with Crippen LogP contribution in [0, 0.1) is 6.92 Å². The van der Waals surface area contributed by atoms with Crippen LogP contribution < -0.4 is 0 Å². The van der Waals surface area contributed by atoms with Crippen molar-refractivity contribution in [2.75, 3.05) is 26.2 Å². The van der Waals surface area contributed by atoms with E-state index < -0.39 is 0 Å². The Kier molecular flexibility index (Phi) is 6.21. The summed E-state index contributed by atoms with van der Waals surface area (Å²) in [6.07, 6.45) is 1.85. The van der Waals surface area contributed by atoms with Crippen molar-refractivity contribution < 1.29 is 14.6 Å². The first-order valence-electron chi connectivity index (χ1n) is 7.99. The number of amides is 1. The molecule has 5 nitrogen and oxygen atoms in total. The van der Waals surface area contributed by atoms with Crippen molar-refractivity contribution in [2.24, 2.45) is 0 Å². The van der Waals surface area contributed by atoms with Crippen molar-refractivity contribution in [3.05, 3.63) is 35.4 Å². The van der Waals surface area contributed by atoms with E-state index in [9.17, 15) is 9.90 Å². The highest BCUT2D eigenvalue weighted by atomic mass is 16.6. The van der Waals surface area contributed by atoms with Crippen molar-refractivity contribution in [1.29, 1.82) is 0 Å². The van der Waals surface area contributed by atoms with Gasteiger partial charge in [-0.25, -0.2) is 14.8 Å². The predicted octanol–water partition coefficient (Wildman–Crippen LogP) is 2.37. The number of nitrogens with zero attached hydrogens (tertiary/aromatic N) is 2. The van der Waals surface area contributed by atoms with Crippen LogP contribution in [-0.4, -0.2) is 53.6 Å². The molecule has 0 aliphatic carbocycles. The second kappa shape index (κ2) is 8.15. The van der Waals surface area contributed by atoms with Crippen LogP contribution in [0.25, 0.3) is 0 Å². The first-order chi connectivity index (χ1) is 10.6. The van der Waals surface area contributed by atoms with Crippen LogP contribution in [0.1, 0.15) is 30.9 Å². The maximum absolute atomic E-state index is 11.9. The molecule has 1 amide bonds. The Morgan fingerprint density at radius 3 is 2.68 bits per heavy atom. The number of benzene rings is 1. The highest BCUT2D eigenvalue weighted by molar-refractivity contribution is 5.67. The summed E-state index contributed by atoms with van der Waals surface area (Å²) in [6.45, 7) is 6.29. The molecule has 122 valence electrons. The minimum absolute atomic E-state index is 0.277. The molecule has 1 aromatic rings. The van der Waals surface area contributed by atoms with E-state index in [1.807, 2.05) is 5.01 Å². The number of hydrogen-bond donors (Lipinski definition) is 1. The minimum atomic E-state index is -0.354. The number of aliphatic hydroxyl groups excluding tert-OH is 1. The molecular formula is C17H26N2O3. The molecule has 5 heteroatoms. The van der Waals surface area contributed by atoms with Gasteiger partial charge in [-0.15, -0.1) is 0 Å². The van der Waals surface area contributed by atoms with Gasteiger partial charge < -0.3 is 9.84 Å². The van der Waals surface area contributed by atoms with Crippen molar-refractivity contribution in [3.63, 3.8) is 0 Å². The van der Waals surface area contributed by atoms with Gasteiger partial charge in [0.1, 0.15) is 6.61 Å². The summed E-state index contributed by atoms with van der Waals surface area (Å²) in [7, 11) is 0. The lowest BCUT2D eigenvalue weighted by atomic mass is 10.1. The molecule has 0 saturated carbocycles. The van der Waals surface area contributed by atoms with Gasteiger partial charge in [-0.2, -0.15) is 0 Å². The van der Waals surface area contributed by atoms with E-state index in [1.165, 1.54) is 11.1 Å². The van der Waals surface area contributed by atoms with Gasteiger partial charge in [0, 0.05) is 13.1 Å². The fourth-order valence-electron chi connectivity index (χ4n) is 2.54. The first kappa shape index (κ1) is 16.8. The number of ether oxygens (including phenoxy) is 1. The number of hydrogen-bond acceptors (Lipinski definition) is 4. The maximum atomic E-state index is 11.9. The third-order valence-electron chi connectivity index (χ3n) is 3.89. The quantitative estimate of drug-likeness (QED) is 0.840. The minimum Gasteiger partial charge on any atom is -0.447 e. The van der Waals surface area contributed by atoms with Crippen LogP contribution in [0.2, 0.25) is 0 Å². The fourth-order valence-corrected chi connectivity index (χ4v) is 2.54. The van der Waals surface area contributed by atoms with Gasteiger partial charge in [-0.05, 0) is 38.7 Å². The predicted molar refractivity (Wildman–Crippen MR) is 85.4 cm³/mol. The Labute approximate surface area is 132 Å². The van der Waals surface area contributed by atoms with E-state index >= 15 is 0 Å². The zero-order valence-corrected chi connectivity index (χ0v) is 13.5. The molecule has 1 N–H and O–H groups in total. The van der Waals surface area contributed by atoms with Crippen LogP contribution in [0.4, 0.5) is 4.79 Å². The zero-order chi connectivity index (χ0) is 15.9. The maximum Gasteiger partial charge on any atom is 0.424 e. The van der Waals surface area contributed by atoms with Crippen molar-refractivity contribution >= 4 is 6.09 Å². The number of cyclic esters (lactones) is 1. The highest BCUT2D eigenvalue weighted by Crippen LogP contribution is 2.12. The number of hydrazine groups is 1. The largest absolute Gasteiger partial charge is 0.447 e. The molecule has 1 aliphatic heterocycles. The van der Waals surface area contributed by atoms with Gasteiger partial charge >= 0.3 is 6.09 Å². The zero-order valence-electron chi connectivity index (χ0n) is 13.5. The molecule has 1 saturated heterocycles. The van der Waals surface area contributed by atoms with Crippen LogP contribution in [0.3, 0.4) is 0 Å². The molecule has 1 atom stereocenters. The number of carbonyl (C=O) groups excluding carboxylic acids is 1. The molecule has 1 aromatic carbocycles. The van der Waals surface area contributed by atoms with Crippen molar-refractivity contribution in [2.45, 2.75) is 39.2 Å². The van der Waals surface area contributed by atoms with Crippen LogP contribution in [-0.2, 0) is 11.2 Å². The molecule has 2 rings (SSSR count). The van der Waals surface area contributed by atoms with Gasteiger partial charge in [-0.1, -0.05) is 29.8 Å². The van der Waals surface area contributed by atoms with Crippen LogP contribution in [0.5, 0.6) is 0 Å². The van der Waals surface area contributed by atoms with Gasteiger partial charge in [0.2, 0.25) is 0 Å². The van der Waals surface area contributed by atoms with E-state index in [4.69, 9.17) is 4.74 Å². The SMILES string of the molecule is Cc1ccc(CCCN2C(=O)OCCN2CCC(C)O)cc1. The summed E-state index contributed by atoms with van der Waals surface area (Å²) in [5.74, 6) is 0. The Morgan fingerprint density at radius 2 is 2.00 bits per heavy atom. The van der Waals surface area contributed by atoms with E-state index in [1.54, 1.807) is 11.9 Å². The summed E-state index contributed by atoms with van der Waals surface area (Å²) < 4.78 is 5.13. The molecule has 0 spiro atoms. The molecule has 1 aliphatic rings. The van der Waals surface area contributed by atoms with E-state index in [0.717, 1.165) is 12.8 Å². The third-order valence-corrected chi connectivity index (χ3v) is 3.89. The molecule has 1 unspecified atom stereocenters. The topological polar surface area (TPSA) is 53.0 Å². The van der Waals surface area contributed by atoms with Gasteiger partial charge in [0.25, 0.3) is 0 Å². The van der Waals surface area contributed by atoms with Gasteiger partial charge in [0.15, 0.2) is 0 Å². The molecule has 0 aromatic heterocycles. The van der Waals surface area contributed by atoms with E-state index in [0.29, 0.717) is 32.7 Å². The average Bonchev–Trinajstić information content (AvgIpc) is 2.49. The normalized spacial score (nSPS) is 17.4. The molecular weight excluding hydrogens is 280 g/mol. The standard InChI is InChI=1S/C17H26N2O3/c1-14-5-7-16(8-6-14)4-3-10-19-17(21)22-13-12-18(19)11-9-15(2)20/h5-8,15,20H,3-4,9-13H2,1-2H3. The summed E-state index contributed by atoms with van der Waals surface area (Å²) in [5, 5.41) is 13.1. The lowest BCUT2D eigenvalue weighted by Gasteiger charge is -2.38. The average molecular weight is 306 g/mol. The molecule has 22 heavy (non-hydrogen) atoms. The number of carbonyl (C=O) groups is 1. The van der Waals surface area contributed by atoms with Crippen molar-refractivity contribution in [1.82, 2.24) is 10.0 Å². The van der Waals surface area contributed by atoms with Crippen LogP contribution >= 0.6 is 0 Å². The summed E-state index contributed by atoms with van der Waals surface area (Å²) in [5.41, 5.74) is 2.54. The Morgan fingerprint density at radius 1 is 1.27 bits per heavy atom. The summed E-state index contributed by atoms with van der Waals surface area (Å²) in [4.78, 5) is 11.9. The second-order valence-electron chi connectivity index (χ2n) is 5.92.